The number of esters is 1. The summed E-state index contributed by atoms with van der Waals surface area (Å²) < 4.78 is 68.4. The van der Waals surface area contributed by atoms with Crippen molar-refractivity contribution in [3.8, 4) is 22.6 Å². The Labute approximate surface area is 208 Å². The molecule has 3 nitrogen and oxygen atoms in total. The molecule has 1 saturated carbocycles. The second-order valence-corrected chi connectivity index (χ2v) is 8.97. The summed E-state index contributed by atoms with van der Waals surface area (Å²) in [5, 5.41) is 0. The van der Waals surface area contributed by atoms with Gasteiger partial charge in [0.05, 0.1) is 12.5 Å². The third-order valence-corrected chi connectivity index (χ3v) is 6.81. The fourth-order valence-electron chi connectivity index (χ4n) is 4.71. The highest BCUT2D eigenvalue weighted by Crippen LogP contribution is 2.40. The van der Waals surface area contributed by atoms with Crippen LogP contribution in [0.3, 0.4) is 0 Å². The van der Waals surface area contributed by atoms with E-state index in [1.54, 1.807) is 31.2 Å². The summed E-state index contributed by atoms with van der Waals surface area (Å²) in [4.78, 5) is 12.6. The van der Waals surface area contributed by atoms with Gasteiger partial charge in [0, 0.05) is 5.56 Å². The van der Waals surface area contributed by atoms with E-state index in [9.17, 15) is 18.0 Å². The van der Waals surface area contributed by atoms with Gasteiger partial charge in [0.25, 0.3) is 0 Å². The third kappa shape index (κ3) is 5.25. The lowest BCUT2D eigenvalue weighted by atomic mass is 9.78. The van der Waals surface area contributed by atoms with Crippen LogP contribution in [0.15, 0.2) is 48.5 Å². The van der Waals surface area contributed by atoms with E-state index in [4.69, 9.17) is 9.47 Å². The number of halogens is 4. The number of carbonyl (C=O) groups excluding carboxylic acids is 1. The standard InChI is InChI=1S/C29H28F4O3/c1-3-17-5-7-18(8-6-17)21-13-14-22(26(31)25(21)30)19-9-11-20(12-10-19)29(34)36-24-16-15-23(35-4-2)27(32)28(24)33/h5-8,13-16,19-20H,3-4,9-12H2,1-2H3. The summed E-state index contributed by atoms with van der Waals surface area (Å²) in [5.74, 6) is -6.48. The van der Waals surface area contributed by atoms with E-state index in [0.717, 1.165) is 18.1 Å². The normalized spacial score (nSPS) is 17.6. The molecule has 0 heterocycles. The van der Waals surface area contributed by atoms with Crippen LogP contribution in [0, 0.1) is 29.2 Å². The zero-order chi connectivity index (χ0) is 25.8. The van der Waals surface area contributed by atoms with Crippen LogP contribution < -0.4 is 9.47 Å². The van der Waals surface area contributed by atoms with E-state index in [2.05, 4.69) is 0 Å². The first kappa shape index (κ1) is 25.7. The van der Waals surface area contributed by atoms with E-state index in [-0.39, 0.29) is 29.4 Å². The van der Waals surface area contributed by atoms with Crippen molar-refractivity contribution >= 4 is 5.97 Å². The average Bonchev–Trinajstić information content (AvgIpc) is 2.90. The zero-order valence-corrected chi connectivity index (χ0v) is 20.3. The van der Waals surface area contributed by atoms with Crippen molar-refractivity contribution in [3.05, 3.63) is 82.9 Å². The lowest BCUT2D eigenvalue weighted by Crippen LogP contribution is -2.26. The van der Waals surface area contributed by atoms with E-state index in [1.807, 2.05) is 19.1 Å². The van der Waals surface area contributed by atoms with Gasteiger partial charge in [-0.3, -0.25) is 4.79 Å². The smallest absolute Gasteiger partial charge is 0.314 e. The van der Waals surface area contributed by atoms with Crippen LogP contribution in [0.1, 0.15) is 56.6 Å². The Morgan fingerprint density at radius 2 is 1.42 bits per heavy atom. The zero-order valence-electron chi connectivity index (χ0n) is 20.3. The van der Waals surface area contributed by atoms with Gasteiger partial charge in [0.2, 0.25) is 11.6 Å². The fourth-order valence-corrected chi connectivity index (χ4v) is 4.71. The molecule has 0 amide bonds. The van der Waals surface area contributed by atoms with Crippen molar-refractivity contribution in [1.29, 1.82) is 0 Å². The number of hydrogen-bond acceptors (Lipinski definition) is 3. The summed E-state index contributed by atoms with van der Waals surface area (Å²) >= 11 is 0. The molecule has 3 aromatic carbocycles. The van der Waals surface area contributed by atoms with Gasteiger partial charge in [-0.1, -0.05) is 43.3 Å². The minimum Gasteiger partial charge on any atom is -0.491 e. The van der Waals surface area contributed by atoms with Crippen LogP contribution >= 0.6 is 0 Å². The third-order valence-electron chi connectivity index (χ3n) is 6.81. The van der Waals surface area contributed by atoms with E-state index in [1.165, 1.54) is 6.07 Å². The second-order valence-electron chi connectivity index (χ2n) is 8.97. The lowest BCUT2D eigenvalue weighted by Gasteiger charge is -2.28. The molecule has 0 N–H and O–H groups in total. The minimum absolute atomic E-state index is 0.165. The minimum atomic E-state index is -1.29. The highest BCUT2D eigenvalue weighted by Gasteiger charge is 2.31. The Morgan fingerprint density at radius 1 is 0.778 bits per heavy atom. The van der Waals surface area contributed by atoms with Crippen molar-refractivity contribution in [3.63, 3.8) is 0 Å². The number of ether oxygens (including phenoxy) is 2. The van der Waals surface area contributed by atoms with E-state index >= 15 is 4.39 Å². The molecule has 0 aromatic heterocycles. The van der Waals surface area contributed by atoms with Crippen LogP contribution in [0.5, 0.6) is 11.5 Å². The second kappa shape index (κ2) is 11.1. The largest absolute Gasteiger partial charge is 0.491 e. The first-order chi connectivity index (χ1) is 17.3. The maximum absolute atomic E-state index is 15.0. The summed E-state index contributed by atoms with van der Waals surface area (Å²) in [6.07, 6.45) is 2.48. The maximum Gasteiger partial charge on any atom is 0.314 e. The van der Waals surface area contributed by atoms with Crippen LogP contribution in [0.2, 0.25) is 0 Å². The number of benzene rings is 3. The topological polar surface area (TPSA) is 35.5 Å². The van der Waals surface area contributed by atoms with Gasteiger partial charge < -0.3 is 9.47 Å². The molecule has 1 fully saturated rings. The molecular formula is C29H28F4O3. The highest BCUT2D eigenvalue weighted by atomic mass is 19.2. The number of rotatable bonds is 7. The molecule has 0 unspecified atom stereocenters. The molecule has 0 aliphatic heterocycles. The summed E-state index contributed by atoms with van der Waals surface area (Å²) in [6, 6.07) is 12.9. The van der Waals surface area contributed by atoms with E-state index < -0.39 is 40.9 Å². The van der Waals surface area contributed by atoms with Crippen LogP contribution in [-0.4, -0.2) is 12.6 Å². The predicted octanol–water partition coefficient (Wildman–Crippen LogP) is 7.75. The predicted molar refractivity (Wildman–Crippen MR) is 129 cm³/mol. The SMILES string of the molecule is CCOc1ccc(OC(=O)C2CCC(c3ccc(-c4ccc(CC)cc4)c(F)c3F)CC2)c(F)c1F. The van der Waals surface area contributed by atoms with Gasteiger partial charge in [0.1, 0.15) is 0 Å². The first-order valence-corrected chi connectivity index (χ1v) is 12.2. The molecule has 0 bridgehead atoms. The van der Waals surface area contributed by atoms with Gasteiger partial charge in [-0.2, -0.15) is 8.78 Å². The quantitative estimate of drug-likeness (QED) is 0.189. The van der Waals surface area contributed by atoms with Crippen molar-refractivity contribution in [2.45, 2.75) is 51.9 Å². The van der Waals surface area contributed by atoms with Crippen molar-refractivity contribution in [2.75, 3.05) is 6.61 Å². The number of aryl methyl sites for hydroxylation is 1. The highest BCUT2D eigenvalue weighted by molar-refractivity contribution is 5.75. The molecule has 0 spiro atoms. The number of carbonyl (C=O) groups is 1. The van der Waals surface area contributed by atoms with Gasteiger partial charge in [-0.25, -0.2) is 8.78 Å². The first-order valence-electron chi connectivity index (χ1n) is 12.2. The molecule has 0 atom stereocenters. The Balaban J connectivity index is 1.41. The summed E-state index contributed by atoms with van der Waals surface area (Å²) in [5.41, 5.74) is 2.22. The van der Waals surface area contributed by atoms with Gasteiger partial charge in [-0.05, 0) is 73.8 Å². The molecule has 1 aliphatic rings. The van der Waals surface area contributed by atoms with Crippen LogP contribution in [0.4, 0.5) is 17.6 Å². The Hall–Kier alpha value is -3.35. The monoisotopic (exact) mass is 500 g/mol. The van der Waals surface area contributed by atoms with Gasteiger partial charge in [0.15, 0.2) is 23.1 Å². The lowest BCUT2D eigenvalue weighted by molar-refractivity contribution is -0.140. The summed E-state index contributed by atoms with van der Waals surface area (Å²) in [7, 11) is 0. The number of hydrogen-bond donors (Lipinski definition) is 0. The van der Waals surface area contributed by atoms with Gasteiger partial charge in [-0.15, -0.1) is 0 Å². The average molecular weight is 501 g/mol. The molecule has 0 radical (unpaired) electrons. The van der Waals surface area contributed by atoms with Gasteiger partial charge >= 0.3 is 5.97 Å². The fraction of sp³-hybridized carbons (Fsp3) is 0.345. The molecule has 3 aromatic rings. The maximum atomic E-state index is 15.0. The molecule has 190 valence electrons. The molecule has 0 saturated heterocycles. The Bertz CT molecular complexity index is 1230. The van der Waals surface area contributed by atoms with Crippen LogP contribution in [0.25, 0.3) is 11.1 Å². The van der Waals surface area contributed by atoms with Crippen LogP contribution in [-0.2, 0) is 11.2 Å². The van der Waals surface area contributed by atoms with Crippen molar-refractivity contribution in [1.82, 2.24) is 0 Å². The van der Waals surface area contributed by atoms with E-state index in [0.29, 0.717) is 31.2 Å². The molecule has 7 heteroatoms. The van der Waals surface area contributed by atoms with Crippen molar-refractivity contribution in [2.24, 2.45) is 5.92 Å². The Morgan fingerprint density at radius 3 is 2.06 bits per heavy atom. The molecule has 4 rings (SSSR count). The molecule has 36 heavy (non-hydrogen) atoms. The molecule has 1 aliphatic carbocycles. The Kier molecular flexibility index (Phi) is 7.97. The summed E-state index contributed by atoms with van der Waals surface area (Å²) in [6.45, 7) is 3.83. The van der Waals surface area contributed by atoms with Crippen molar-refractivity contribution < 1.29 is 31.8 Å². The molecular weight excluding hydrogens is 472 g/mol.